The van der Waals surface area contributed by atoms with E-state index in [0.29, 0.717) is 11.3 Å². The molecule has 1 spiro atoms. The Morgan fingerprint density at radius 1 is 1.34 bits per heavy atom. The second-order valence-corrected chi connectivity index (χ2v) is 9.53. The van der Waals surface area contributed by atoms with E-state index in [2.05, 4.69) is 25.5 Å². The number of nitrogens with one attached hydrogen (secondary N) is 2. The zero-order chi connectivity index (χ0) is 19.6. The summed E-state index contributed by atoms with van der Waals surface area (Å²) in [4.78, 5) is 21.3. The normalized spacial score (nSPS) is 31.8. The van der Waals surface area contributed by atoms with E-state index >= 15 is 0 Å². The van der Waals surface area contributed by atoms with Crippen LogP contribution in [0.1, 0.15) is 24.8 Å². The van der Waals surface area contributed by atoms with Crippen LogP contribution in [0.25, 0.3) is 11.0 Å². The predicted octanol–water partition coefficient (Wildman–Crippen LogP) is 2.99. The highest BCUT2D eigenvalue weighted by Gasteiger charge is 2.75. The molecule has 0 aliphatic heterocycles. The summed E-state index contributed by atoms with van der Waals surface area (Å²) in [5, 5.41) is 22.0. The van der Waals surface area contributed by atoms with Gasteiger partial charge < -0.3 is 10.4 Å². The quantitative estimate of drug-likeness (QED) is 0.444. The number of thioether (sulfide) groups is 1. The molecule has 3 aliphatic rings. The first-order chi connectivity index (χ1) is 14.1. The second kappa shape index (κ2) is 6.27. The Hall–Kier alpha value is -2.45. The van der Waals surface area contributed by atoms with Crippen LogP contribution < -0.4 is 5.32 Å². The minimum atomic E-state index is -0.298. The van der Waals surface area contributed by atoms with Gasteiger partial charge in [0.2, 0.25) is 5.91 Å². The lowest BCUT2D eigenvalue weighted by atomic mass is 9.61. The molecule has 29 heavy (non-hydrogen) atoms. The fourth-order valence-corrected chi connectivity index (χ4v) is 6.53. The molecular weight excluding hydrogens is 386 g/mol. The molecule has 5 unspecified atom stereocenters. The number of rotatable bonds is 5. The molecule has 3 N–H and O–H groups in total. The van der Waals surface area contributed by atoms with E-state index in [1.165, 1.54) is 12.7 Å². The van der Waals surface area contributed by atoms with Gasteiger partial charge in [0.15, 0.2) is 5.65 Å². The van der Waals surface area contributed by atoms with Gasteiger partial charge in [-0.3, -0.25) is 9.89 Å². The Labute approximate surface area is 171 Å². The smallest absolute Gasteiger partial charge is 0.227 e. The number of carbonyl (C=O) groups is 1. The van der Waals surface area contributed by atoms with E-state index in [4.69, 9.17) is 0 Å². The van der Waals surface area contributed by atoms with Crippen LogP contribution in [-0.2, 0) is 10.5 Å². The van der Waals surface area contributed by atoms with Crippen LogP contribution in [0.15, 0.2) is 41.8 Å². The monoisotopic (exact) mass is 407 g/mol. The number of benzene rings is 1. The number of nitrogens with zero attached hydrogens (tertiary/aromatic N) is 3. The fourth-order valence-electron chi connectivity index (χ4n) is 5.62. The molecule has 3 fully saturated rings. The molecule has 0 saturated heterocycles. The molecule has 2 heterocycles. The summed E-state index contributed by atoms with van der Waals surface area (Å²) in [6, 6.07) is 7.94. The molecule has 1 aromatic carbocycles. The number of fused-ring (bicyclic) bond motifs is 1. The van der Waals surface area contributed by atoms with Crippen LogP contribution in [0.5, 0.6) is 0 Å². The summed E-state index contributed by atoms with van der Waals surface area (Å²) in [7, 11) is 0. The topological polar surface area (TPSA) is 104 Å². The maximum Gasteiger partial charge on any atom is 0.227 e. The second-order valence-electron chi connectivity index (χ2n) is 8.56. The number of hydrogen-bond donors (Lipinski definition) is 3. The van der Waals surface area contributed by atoms with Crippen LogP contribution in [0, 0.1) is 23.2 Å². The van der Waals surface area contributed by atoms with E-state index in [9.17, 15) is 9.90 Å². The van der Waals surface area contributed by atoms with Crippen molar-refractivity contribution in [2.24, 2.45) is 23.2 Å². The maximum atomic E-state index is 12.8. The summed E-state index contributed by atoms with van der Waals surface area (Å²) in [5.41, 5.74) is 2.95. The standard InChI is InChI=1S/C21H21N5O2S/c27-16-5-12-6-21(12)7-14(17(16)21)19(28)25-13-3-1-2-11(4-13)9-29-20-15-8-24-26-18(15)22-10-23-20/h1-4,8,10,12,14,16-17,27H,5-7,9H2,(H,25,28)(H,22,23,24,26). The van der Waals surface area contributed by atoms with Crippen molar-refractivity contribution < 1.29 is 9.90 Å². The highest BCUT2D eigenvalue weighted by atomic mass is 32.2. The van der Waals surface area contributed by atoms with Gasteiger partial charge in [-0.2, -0.15) is 5.10 Å². The van der Waals surface area contributed by atoms with Gasteiger partial charge in [-0.25, -0.2) is 9.97 Å². The first kappa shape index (κ1) is 17.4. The number of amides is 1. The number of aromatic nitrogens is 4. The molecule has 2 aromatic heterocycles. The minimum Gasteiger partial charge on any atom is -0.393 e. The summed E-state index contributed by atoms with van der Waals surface area (Å²) < 4.78 is 0. The van der Waals surface area contributed by atoms with Crippen LogP contribution in [0.3, 0.4) is 0 Å². The highest BCUT2D eigenvalue weighted by molar-refractivity contribution is 7.98. The van der Waals surface area contributed by atoms with E-state index in [-0.39, 0.29) is 23.8 Å². The van der Waals surface area contributed by atoms with Gasteiger partial charge in [-0.1, -0.05) is 12.1 Å². The highest BCUT2D eigenvalue weighted by Crippen LogP contribution is 2.77. The molecule has 0 radical (unpaired) electrons. The number of aliphatic hydroxyl groups excluding tert-OH is 1. The number of aliphatic hydroxyl groups is 1. The van der Waals surface area contributed by atoms with E-state index in [1.54, 1.807) is 18.0 Å². The van der Waals surface area contributed by atoms with Crippen molar-refractivity contribution in [3.63, 3.8) is 0 Å². The zero-order valence-corrected chi connectivity index (χ0v) is 16.5. The Bertz CT molecular complexity index is 1120. The first-order valence-corrected chi connectivity index (χ1v) is 11.0. The molecular formula is C21H21N5O2S. The minimum absolute atomic E-state index is 0.0490. The van der Waals surface area contributed by atoms with Gasteiger partial charge in [0.1, 0.15) is 11.4 Å². The van der Waals surface area contributed by atoms with Crippen molar-refractivity contribution in [1.82, 2.24) is 20.2 Å². The van der Waals surface area contributed by atoms with Crippen molar-refractivity contribution in [3.8, 4) is 0 Å². The Morgan fingerprint density at radius 3 is 3.17 bits per heavy atom. The van der Waals surface area contributed by atoms with Crippen LogP contribution in [-0.4, -0.2) is 37.3 Å². The third-order valence-corrected chi connectivity index (χ3v) is 8.11. The number of carbonyl (C=O) groups excluding carboxylic acids is 1. The molecule has 7 nitrogen and oxygen atoms in total. The molecule has 8 heteroatoms. The van der Waals surface area contributed by atoms with Gasteiger partial charge in [-0.05, 0) is 48.3 Å². The number of anilines is 1. The third-order valence-electron chi connectivity index (χ3n) is 7.04. The number of hydrogen-bond acceptors (Lipinski definition) is 6. The Morgan fingerprint density at radius 2 is 2.28 bits per heavy atom. The van der Waals surface area contributed by atoms with Crippen molar-refractivity contribution in [2.45, 2.75) is 36.1 Å². The van der Waals surface area contributed by atoms with Gasteiger partial charge in [0.25, 0.3) is 0 Å². The molecule has 5 atom stereocenters. The van der Waals surface area contributed by atoms with E-state index in [0.717, 1.165) is 45.9 Å². The third kappa shape index (κ3) is 2.69. The van der Waals surface area contributed by atoms with Gasteiger partial charge in [-0.15, -0.1) is 11.8 Å². The fraction of sp³-hybridized carbons (Fsp3) is 0.429. The summed E-state index contributed by atoms with van der Waals surface area (Å²) >= 11 is 1.62. The Balaban J connectivity index is 1.12. The molecule has 148 valence electrons. The average molecular weight is 407 g/mol. The van der Waals surface area contributed by atoms with Gasteiger partial charge in [0, 0.05) is 23.3 Å². The van der Waals surface area contributed by atoms with Gasteiger partial charge >= 0.3 is 0 Å². The van der Waals surface area contributed by atoms with Crippen molar-refractivity contribution in [1.29, 1.82) is 0 Å². The average Bonchev–Trinajstić information content (AvgIpc) is 3.11. The lowest BCUT2D eigenvalue weighted by Gasteiger charge is -2.44. The lowest BCUT2D eigenvalue weighted by molar-refractivity contribution is -0.133. The molecule has 3 saturated carbocycles. The molecule has 3 aromatic rings. The molecule has 1 amide bonds. The largest absolute Gasteiger partial charge is 0.393 e. The number of aromatic amines is 1. The van der Waals surface area contributed by atoms with Crippen LogP contribution in [0.2, 0.25) is 0 Å². The lowest BCUT2D eigenvalue weighted by Crippen LogP contribution is -2.48. The van der Waals surface area contributed by atoms with E-state index < -0.39 is 0 Å². The predicted molar refractivity (Wildman–Crippen MR) is 109 cm³/mol. The first-order valence-electron chi connectivity index (χ1n) is 9.99. The van der Waals surface area contributed by atoms with Crippen LogP contribution >= 0.6 is 11.8 Å². The summed E-state index contributed by atoms with van der Waals surface area (Å²) in [5.74, 6) is 1.56. The van der Waals surface area contributed by atoms with Crippen molar-refractivity contribution in [3.05, 3.63) is 42.4 Å². The van der Waals surface area contributed by atoms with Crippen molar-refractivity contribution in [2.75, 3.05) is 5.32 Å². The molecule has 3 aliphatic carbocycles. The van der Waals surface area contributed by atoms with Crippen molar-refractivity contribution >= 4 is 34.4 Å². The van der Waals surface area contributed by atoms with Gasteiger partial charge in [0.05, 0.1) is 17.7 Å². The zero-order valence-electron chi connectivity index (χ0n) is 15.7. The van der Waals surface area contributed by atoms with Crippen LogP contribution in [0.4, 0.5) is 5.69 Å². The number of H-pyrrole nitrogens is 1. The molecule has 6 rings (SSSR count). The summed E-state index contributed by atoms with van der Waals surface area (Å²) in [6.07, 6.45) is 6.00. The Kier molecular flexibility index (Phi) is 3.77. The van der Waals surface area contributed by atoms with E-state index in [1.807, 2.05) is 24.3 Å². The summed E-state index contributed by atoms with van der Waals surface area (Å²) in [6.45, 7) is 0. The molecule has 0 bridgehead atoms. The maximum absolute atomic E-state index is 12.8. The SMILES string of the molecule is O=C(Nc1cccc(CSc2ncnc3[nH]ncc23)c1)C1CC23CC2CC(O)C13.